The van der Waals surface area contributed by atoms with Gasteiger partial charge in [0.05, 0.1) is 0 Å². The number of aryl methyl sites for hydroxylation is 2. The van der Waals surface area contributed by atoms with Crippen molar-refractivity contribution in [2.45, 2.75) is 66.8 Å². The number of unbranched alkanes of at least 4 members (excludes halogenated alkanes) is 1. The van der Waals surface area contributed by atoms with E-state index in [0.717, 1.165) is 32.5 Å². The Morgan fingerprint density at radius 1 is 0.931 bits per heavy atom. The number of hydrogen-bond donors (Lipinski definition) is 0. The van der Waals surface area contributed by atoms with Crippen LogP contribution in [0.25, 0.3) is 0 Å². The van der Waals surface area contributed by atoms with Crippen molar-refractivity contribution < 1.29 is 0 Å². The van der Waals surface area contributed by atoms with Crippen molar-refractivity contribution in [3.8, 4) is 0 Å². The molecule has 0 amide bonds. The molecule has 0 aliphatic rings. The summed E-state index contributed by atoms with van der Waals surface area (Å²) in [6.07, 6.45) is 4.50. The summed E-state index contributed by atoms with van der Waals surface area (Å²) in [5.74, 6) is 0. The Morgan fingerprint density at radius 2 is 1.66 bits per heavy atom. The summed E-state index contributed by atoms with van der Waals surface area (Å²) >= 11 is 0. The first-order valence-corrected chi connectivity index (χ1v) is 11.1. The van der Waals surface area contributed by atoms with Gasteiger partial charge < -0.3 is 0 Å². The van der Waals surface area contributed by atoms with E-state index in [9.17, 15) is 0 Å². The molecule has 0 aliphatic carbocycles. The van der Waals surface area contributed by atoms with Crippen LogP contribution in [0.1, 0.15) is 62.3 Å². The van der Waals surface area contributed by atoms with Gasteiger partial charge in [0.2, 0.25) is 0 Å². The molecule has 2 aromatic rings. The summed E-state index contributed by atoms with van der Waals surface area (Å²) in [7, 11) is 0. The maximum Gasteiger partial charge on any atom is 0.0237 e. The smallest absolute Gasteiger partial charge is 0.0237 e. The summed E-state index contributed by atoms with van der Waals surface area (Å²) < 4.78 is 0. The average molecular weight is 390 g/mol. The van der Waals surface area contributed by atoms with Crippen LogP contribution < -0.4 is 0 Å². The highest BCUT2D eigenvalue weighted by Crippen LogP contribution is 2.22. The molecule has 0 heterocycles. The Balaban J connectivity index is 2.12. The normalized spacial score (nSPS) is 12.2. The van der Waals surface area contributed by atoms with E-state index in [0.29, 0.717) is 0 Å². The molecule has 0 radical (unpaired) electrons. The molecule has 0 saturated carbocycles. The Hall–Kier alpha value is -2.12. The lowest BCUT2D eigenvalue weighted by Gasteiger charge is -2.25. The van der Waals surface area contributed by atoms with Crippen LogP contribution in [0.4, 0.5) is 0 Å². The molecule has 0 spiro atoms. The van der Waals surface area contributed by atoms with Crippen molar-refractivity contribution in [3.63, 3.8) is 0 Å². The minimum Gasteiger partial charge on any atom is -0.295 e. The highest BCUT2D eigenvalue weighted by Gasteiger charge is 2.12. The predicted octanol–water partition coefficient (Wildman–Crippen LogP) is 7.43. The van der Waals surface area contributed by atoms with E-state index in [1.54, 1.807) is 0 Å². The second kappa shape index (κ2) is 11.8. The first-order chi connectivity index (χ1) is 13.9. The van der Waals surface area contributed by atoms with Crippen LogP contribution in [-0.4, -0.2) is 18.0 Å². The number of allylic oxidation sites excluding steroid dienone is 1. The predicted molar refractivity (Wildman–Crippen MR) is 128 cm³/mol. The fourth-order valence-electron chi connectivity index (χ4n) is 4.00. The van der Waals surface area contributed by atoms with Crippen LogP contribution in [0, 0.1) is 13.8 Å². The Morgan fingerprint density at radius 3 is 2.28 bits per heavy atom. The molecule has 0 aliphatic heterocycles. The third-order valence-electron chi connectivity index (χ3n) is 5.62. The van der Waals surface area contributed by atoms with Crippen molar-refractivity contribution in [1.29, 1.82) is 0 Å². The standard InChI is InChI=1S/C28H39N/c1-7-9-17-29(21-27-12-10-11-23(4)18-27)20-25(6)28(8-2)24(5)19-26-15-13-22(3)14-16-26/h10-16,18H,6-9,17,19-21H2,1-5H3/b28-24+. The van der Waals surface area contributed by atoms with E-state index >= 15 is 0 Å². The minimum absolute atomic E-state index is 0.947. The SMILES string of the molecule is C=C(CN(CCCC)Cc1cccc(C)c1)/C(CC)=C(\C)Cc1ccc(C)cc1. The third kappa shape index (κ3) is 7.66. The molecule has 156 valence electrons. The molecule has 1 heteroatoms. The molecule has 0 saturated heterocycles. The van der Waals surface area contributed by atoms with Gasteiger partial charge in [-0.05, 0) is 68.9 Å². The zero-order valence-electron chi connectivity index (χ0n) is 19.2. The topological polar surface area (TPSA) is 3.24 Å². The van der Waals surface area contributed by atoms with Crippen LogP contribution in [0.15, 0.2) is 71.8 Å². The van der Waals surface area contributed by atoms with Crippen LogP contribution >= 0.6 is 0 Å². The van der Waals surface area contributed by atoms with Crippen LogP contribution in [-0.2, 0) is 13.0 Å². The lowest BCUT2D eigenvalue weighted by molar-refractivity contribution is 0.284. The van der Waals surface area contributed by atoms with Gasteiger partial charge in [0.15, 0.2) is 0 Å². The van der Waals surface area contributed by atoms with Crippen LogP contribution in [0.2, 0.25) is 0 Å². The molecule has 0 aromatic heterocycles. The van der Waals surface area contributed by atoms with E-state index in [1.807, 2.05) is 0 Å². The van der Waals surface area contributed by atoms with Gasteiger partial charge in [-0.15, -0.1) is 0 Å². The van der Waals surface area contributed by atoms with Gasteiger partial charge in [-0.3, -0.25) is 4.90 Å². The molecule has 0 N–H and O–H groups in total. The molecule has 0 fully saturated rings. The Labute approximate surface area is 179 Å². The first kappa shape index (κ1) is 23.2. The summed E-state index contributed by atoms with van der Waals surface area (Å²) in [4.78, 5) is 2.56. The van der Waals surface area contributed by atoms with Crippen molar-refractivity contribution in [3.05, 3.63) is 94.1 Å². The molecule has 0 bridgehead atoms. The van der Waals surface area contributed by atoms with Gasteiger partial charge in [0.1, 0.15) is 0 Å². The zero-order chi connectivity index (χ0) is 21.2. The fraction of sp³-hybridized carbons (Fsp3) is 0.429. The zero-order valence-corrected chi connectivity index (χ0v) is 19.2. The van der Waals surface area contributed by atoms with Crippen LogP contribution in [0.5, 0.6) is 0 Å². The number of hydrogen-bond acceptors (Lipinski definition) is 1. The first-order valence-electron chi connectivity index (χ1n) is 11.1. The van der Waals surface area contributed by atoms with Gasteiger partial charge in [0, 0.05) is 13.1 Å². The highest BCUT2D eigenvalue weighted by molar-refractivity contribution is 5.37. The number of rotatable bonds is 11. The Kier molecular flexibility index (Phi) is 9.41. The summed E-state index contributed by atoms with van der Waals surface area (Å²) in [5.41, 5.74) is 9.60. The number of benzene rings is 2. The van der Waals surface area contributed by atoms with Crippen molar-refractivity contribution >= 4 is 0 Å². The molecule has 29 heavy (non-hydrogen) atoms. The van der Waals surface area contributed by atoms with Gasteiger partial charge in [0.25, 0.3) is 0 Å². The molecule has 2 aromatic carbocycles. The molecular formula is C28H39N. The third-order valence-corrected chi connectivity index (χ3v) is 5.62. The second-order valence-electron chi connectivity index (χ2n) is 8.43. The summed E-state index contributed by atoms with van der Waals surface area (Å²) in [6.45, 7) is 18.7. The van der Waals surface area contributed by atoms with Crippen molar-refractivity contribution in [2.75, 3.05) is 13.1 Å². The molecule has 0 atom stereocenters. The van der Waals surface area contributed by atoms with Crippen LogP contribution in [0.3, 0.4) is 0 Å². The summed E-state index contributed by atoms with van der Waals surface area (Å²) in [5, 5.41) is 0. The molecular weight excluding hydrogens is 350 g/mol. The van der Waals surface area contributed by atoms with E-state index in [4.69, 9.17) is 0 Å². The minimum atomic E-state index is 0.947. The molecule has 2 rings (SSSR count). The van der Waals surface area contributed by atoms with Gasteiger partial charge in [-0.1, -0.05) is 92.1 Å². The molecule has 1 nitrogen and oxygen atoms in total. The monoisotopic (exact) mass is 389 g/mol. The van der Waals surface area contributed by atoms with Gasteiger partial charge in [-0.2, -0.15) is 0 Å². The van der Waals surface area contributed by atoms with E-state index < -0.39 is 0 Å². The van der Waals surface area contributed by atoms with E-state index in [1.165, 1.54) is 51.8 Å². The lowest BCUT2D eigenvalue weighted by atomic mass is 9.94. The van der Waals surface area contributed by atoms with Gasteiger partial charge in [-0.25, -0.2) is 0 Å². The average Bonchev–Trinajstić information content (AvgIpc) is 2.68. The van der Waals surface area contributed by atoms with E-state index in [-0.39, 0.29) is 0 Å². The van der Waals surface area contributed by atoms with Gasteiger partial charge >= 0.3 is 0 Å². The Bertz CT molecular complexity index is 810. The summed E-state index contributed by atoms with van der Waals surface area (Å²) in [6, 6.07) is 17.8. The maximum absolute atomic E-state index is 4.51. The maximum atomic E-state index is 4.51. The lowest BCUT2D eigenvalue weighted by Crippen LogP contribution is -2.27. The molecule has 0 unspecified atom stereocenters. The highest BCUT2D eigenvalue weighted by atomic mass is 15.1. The fourth-order valence-corrected chi connectivity index (χ4v) is 4.00. The quantitative estimate of drug-likeness (QED) is 0.361. The van der Waals surface area contributed by atoms with E-state index in [2.05, 4.69) is 94.6 Å². The van der Waals surface area contributed by atoms with Crippen molar-refractivity contribution in [1.82, 2.24) is 4.90 Å². The number of nitrogens with zero attached hydrogens (tertiary/aromatic N) is 1. The largest absolute Gasteiger partial charge is 0.295 e. The van der Waals surface area contributed by atoms with Crippen molar-refractivity contribution in [2.24, 2.45) is 0 Å². The second-order valence-corrected chi connectivity index (χ2v) is 8.43.